The van der Waals surface area contributed by atoms with Crippen LogP contribution in [-0.4, -0.2) is 247 Å². The lowest BCUT2D eigenvalue weighted by Gasteiger charge is -2.42. The van der Waals surface area contributed by atoms with E-state index in [0.717, 1.165) is 0 Å². The molecule has 8 unspecified atom stereocenters. The van der Waals surface area contributed by atoms with E-state index in [2.05, 4.69) is 0 Å². The van der Waals surface area contributed by atoms with Crippen LogP contribution in [0.15, 0.2) is 0 Å². The van der Waals surface area contributed by atoms with Gasteiger partial charge in [0.05, 0.1) is 26.4 Å². The molecule has 324 valence electrons. The highest BCUT2D eigenvalue weighted by molar-refractivity contribution is 8.15. The third kappa shape index (κ3) is 14.2. The van der Waals surface area contributed by atoms with Crippen molar-refractivity contribution in [2.24, 2.45) is 0 Å². The zero-order valence-corrected chi connectivity index (χ0v) is 31.2. The van der Waals surface area contributed by atoms with Crippen LogP contribution in [0.1, 0.15) is 25.7 Å². The number of aliphatic hydroxyl groups excluding tert-OH is 16. The number of ketones is 2. The predicted octanol–water partition coefficient (Wildman–Crippen LogP) is -8.37. The average molecular weight is 845 g/mol. The second-order valence-electron chi connectivity index (χ2n) is 13.0. The Balaban J connectivity index is 1.75. The van der Waals surface area contributed by atoms with Gasteiger partial charge in [-0.05, 0) is 24.3 Å². The predicted molar refractivity (Wildman–Crippen MR) is 186 cm³/mol. The van der Waals surface area contributed by atoms with Crippen LogP contribution in [0.2, 0.25) is 0 Å². The molecule has 2 aliphatic rings. The first-order chi connectivity index (χ1) is 26.0. The van der Waals surface area contributed by atoms with Gasteiger partial charge in [0.2, 0.25) is 0 Å². The van der Waals surface area contributed by atoms with E-state index in [9.17, 15) is 91.3 Å². The van der Waals surface area contributed by atoms with Crippen molar-refractivity contribution in [1.29, 1.82) is 0 Å². The van der Waals surface area contributed by atoms with E-state index in [0.29, 0.717) is 16.6 Å². The van der Waals surface area contributed by atoms with E-state index < -0.39 is 148 Å². The van der Waals surface area contributed by atoms with Crippen molar-refractivity contribution in [2.75, 3.05) is 43.0 Å². The largest absolute Gasteiger partial charge is 0.394 e. The van der Waals surface area contributed by atoms with Gasteiger partial charge in [0.15, 0.2) is 24.1 Å². The highest BCUT2D eigenvalue weighted by Gasteiger charge is 2.49. The molecule has 0 amide bonds. The minimum atomic E-state index is -2.13. The maximum absolute atomic E-state index is 12.6. The summed E-state index contributed by atoms with van der Waals surface area (Å²) in [7, 11) is 0. The molecule has 2 saturated heterocycles. The van der Waals surface area contributed by atoms with Crippen molar-refractivity contribution in [1.82, 2.24) is 0 Å². The first kappa shape index (κ1) is 50.4. The second kappa shape index (κ2) is 25.0. The van der Waals surface area contributed by atoms with Gasteiger partial charge in [0, 0.05) is 17.9 Å². The van der Waals surface area contributed by atoms with E-state index in [4.69, 9.17) is 18.9 Å². The van der Waals surface area contributed by atoms with Gasteiger partial charge < -0.3 is 101 Å². The third-order valence-electron chi connectivity index (χ3n) is 8.98. The van der Waals surface area contributed by atoms with Crippen LogP contribution in [0.4, 0.5) is 0 Å². The van der Waals surface area contributed by atoms with Gasteiger partial charge in [-0.3, -0.25) is 9.59 Å². The Morgan fingerprint density at radius 2 is 0.891 bits per heavy atom. The molecule has 0 spiro atoms. The van der Waals surface area contributed by atoms with Crippen molar-refractivity contribution in [2.45, 2.75) is 136 Å². The molecule has 55 heavy (non-hydrogen) atoms. The molecule has 24 heteroatoms. The quantitative estimate of drug-likeness (QED) is 0.0284. The minimum Gasteiger partial charge on any atom is -0.394 e. The van der Waals surface area contributed by atoms with Crippen LogP contribution >= 0.6 is 23.5 Å². The molecule has 0 aromatic heterocycles. The maximum atomic E-state index is 12.6. The van der Waals surface area contributed by atoms with E-state index in [1.807, 2.05) is 0 Å². The summed E-state index contributed by atoms with van der Waals surface area (Å²) in [6.07, 6.45) is -33.6. The highest BCUT2D eigenvalue weighted by Crippen LogP contribution is 2.27. The molecule has 16 N–H and O–H groups in total. The van der Waals surface area contributed by atoms with E-state index in [-0.39, 0.29) is 25.7 Å². The Labute approximate surface area is 323 Å². The summed E-state index contributed by atoms with van der Waals surface area (Å²) in [5, 5.41) is 161. The molecule has 2 aliphatic heterocycles. The average Bonchev–Trinajstić information content (AvgIpc) is 3.18. The van der Waals surface area contributed by atoms with Crippen molar-refractivity contribution >= 4 is 35.1 Å². The van der Waals surface area contributed by atoms with Gasteiger partial charge in [-0.2, -0.15) is 23.5 Å². The zero-order chi connectivity index (χ0) is 41.6. The highest BCUT2D eigenvalue weighted by atomic mass is 32.2. The van der Waals surface area contributed by atoms with Crippen molar-refractivity contribution < 1.29 is 110 Å². The number of hydrogen-bond acceptors (Lipinski definition) is 24. The first-order valence-corrected chi connectivity index (χ1v) is 19.7. The number of carbonyl (C=O) groups is 2. The van der Waals surface area contributed by atoms with Gasteiger partial charge in [-0.25, -0.2) is 0 Å². The molecule has 0 aromatic rings. The lowest BCUT2D eigenvalue weighted by molar-refractivity contribution is -0.326. The Kier molecular flexibility index (Phi) is 22.9. The molecule has 0 aromatic carbocycles. The van der Waals surface area contributed by atoms with Gasteiger partial charge in [0.1, 0.15) is 97.7 Å². The van der Waals surface area contributed by atoms with Crippen molar-refractivity contribution in [3.05, 3.63) is 0 Å². The molecule has 0 saturated carbocycles. The SMILES string of the molecule is O=C(CCCSCSCCCC(=O)[C@@H](O)C(O)[C@H](O[C@@H]1OC(CO)[C@H](O)C(O)[C@@H]1O)C(O)CO)[C@@H](O)C(O)[C@H](O[C@@H]1OC(CO)[C@H](O)C(O)[C@@H]1O)C(O)CO. The molecule has 0 radical (unpaired) electrons. The molecule has 2 fully saturated rings. The molecule has 2 rings (SSSR count). The Hall–Kier alpha value is -0.760. The number of hydrogen-bond donors (Lipinski definition) is 16. The number of thioether (sulfide) groups is 2. The Morgan fingerprint density at radius 3 is 1.20 bits per heavy atom. The fraction of sp³-hybridized carbons (Fsp3) is 0.935. The van der Waals surface area contributed by atoms with Crippen LogP contribution in [-0.2, 0) is 28.5 Å². The van der Waals surface area contributed by atoms with E-state index in [1.54, 1.807) is 0 Å². The van der Waals surface area contributed by atoms with Gasteiger partial charge in [0.25, 0.3) is 0 Å². The molecule has 18 atom stereocenters. The topological polar surface area (TPSA) is 395 Å². The summed E-state index contributed by atoms with van der Waals surface area (Å²) in [6, 6.07) is 0. The van der Waals surface area contributed by atoms with Crippen LogP contribution in [0.25, 0.3) is 0 Å². The maximum Gasteiger partial charge on any atom is 0.187 e. The first-order valence-electron chi connectivity index (χ1n) is 17.4. The Morgan fingerprint density at radius 1 is 0.545 bits per heavy atom. The molecule has 0 aliphatic carbocycles. The normalized spacial score (nSPS) is 33.2. The van der Waals surface area contributed by atoms with E-state index >= 15 is 0 Å². The van der Waals surface area contributed by atoms with Gasteiger partial charge in [-0.1, -0.05) is 0 Å². The second-order valence-corrected chi connectivity index (χ2v) is 15.6. The van der Waals surface area contributed by atoms with Crippen molar-refractivity contribution in [3.8, 4) is 0 Å². The number of ether oxygens (including phenoxy) is 4. The summed E-state index contributed by atoms with van der Waals surface area (Å²) in [6.45, 7) is -3.62. The van der Waals surface area contributed by atoms with Crippen LogP contribution in [0, 0.1) is 0 Å². The molecule has 0 bridgehead atoms. The van der Waals surface area contributed by atoms with Gasteiger partial charge >= 0.3 is 0 Å². The van der Waals surface area contributed by atoms with Crippen LogP contribution < -0.4 is 0 Å². The zero-order valence-electron chi connectivity index (χ0n) is 29.6. The van der Waals surface area contributed by atoms with Crippen molar-refractivity contribution in [3.63, 3.8) is 0 Å². The summed E-state index contributed by atoms with van der Waals surface area (Å²) in [5.74, 6) is -0.864. The molecule has 22 nitrogen and oxygen atoms in total. The smallest absolute Gasteiger partial charge is 0.187 e. The van der Waals surface area contributed by atoms with E-state index in [1.165, 1.54) is 23.5 Å². The third-order valence-corrected chi connectivity index (χ3v) is 11.5. The molecular formula is C31H56O22S2. The lowest BCUT2D eigenvalue weighted by Crippen LogP contribution is -2.61. The standard InChI is InChI=1S/C31H56O22S2/c32-7-14(38)28(52-30-26(48)22(44)20(42)16(9-34)50-30)24(46)18(40)12(36)3-1-5-54-11-55-6-2-4-13(37)19(41)25(47)29(15(39)8-33)53-31-27(49)23(45)21(43)17(10-35)51-31/h14-35,38-49H,1-11H2/t14?,15?,16?,17?,18-,19-,20+,21+,22?,23?,24?,25?,26+,27+,28-,29-,30+,31+/m1/s1. The monoisotopic (exact) mass is 844 g/mol. The molecule has 2 heterocycles. The summed E-state index contributed by atoms with van der Waals surface area (Å²) < 4.78 is 20.9. The van der Waals surface area contributed by atoms with Gasteiger partial charge in [-0.15, -0.1) is 0 Å². The number of aliphatic hydroxyl groups is 16. The number of carbonyl (C=O) groups excluding carboxylic acids is 2. The van der Waals surface area contributed by atoms with Crippen LogP contribution in [0.3, 0.4) is 0 Å². The lowest BCUT2D eigenvalue weighted by atomic mass is 9.97. The summed E-state index contributed by atoms with van der Waals surface area (Å²) >= 11 is 2.78. The number of Topliss-reactive ketones (excluding diaryl/α,β-unsaturated/α-hetero) is 2. The summed E-state index contributed by atoms with van der Waals surface area (Å²) in [5.41, 5.74) is 0. The fourth-order valence-electron chi connectivity index (χ4n) is 5.58. The van der Waals surface area contributed by atoms with Crippen LogP contribution in [0.5, 0.6) is 0 Å². The fourth-order valence-corrected chi connectivity index (χ4v) is 7.70. The summed E-state index contributed by atoms with van der Waals surface area (Å²) in [4.78, 5) is 25.2. The minimum absolute atomic E-state index is 0.224. The Bertz CT molecular complexity index is 1030. The molecular weight excluding hydrogens is 788 g/mol. The number of rotatable bonds is 26.